The second kappa shape index (κ2) is 8.30. The Balaban J connectivity index is 1.51. The molecule has 1 amide bonds. The Morgan fingerprint density at radius 1 is 1.08 bits per heavy atom. The first kappa shape index (κ1) is 17.7. The Hall–Kier alpha value is -2.14. The van der Waals surface area contributed by atoms with Gasteiger partial charge in [-0.25, -0.2) is 0 Å². The number of carbonyl (C=O) groups excluding carboxylic acids is 1. The lowest BCUT2D eigenvalue weighted by Crippen LogP contribution is -2.31. The minimum absolute atomic E-state index is 0.164. The number of carbonyl (C=O) groups is 1. The van der Waals surface area contributed by atoms with Crippen molar-refractivity contribution in [3.05, 3.63) is 59.2 Å². The fourth-order valence-corrected chi connectivity index (χ4v) is 3.56. The Morgan fingerprint density at radius 2 is 1.80 bits per heavy atom. The Kier molecular flexibility index (Phi) is 5.87. The average Bonchev–Trinajstić information content (AvgIpc) is 3.09. The van der Waals surface area contributed by atoms with Crippen LogP contribution in [0.5, 0.6) is 11.5 Å². The topological polar surface area (TPSA) is 38.8 Å². The maximum atomic E-state index is 12.5. The van der Waals surface area contributed by atoms with Crippen LogP contribution >= 0.6 is 11.8 Å². The van der Waals surface area contributed by atoms with Crippen molar-refractivity contribution in [3.8, 4) is 11.5 Å². The standard InChI is InChI=1S/C20H23NO3S/c1-3-21(11-17-8-9-18-19(10-17)24-14-23-18)20(22)13-25-12-16-6-4-15(2)5-7-16/h4-10H,3,11-14H2,1-2H3. The highest BCUT2D eigenvalue weighted by atomic mass is 32.2. The van der Waals surface area contributed by atoms with Gasteiger partial charge in [0.25, 0.3) is 0 Å². The molecule has 0 spiro atoms. The zero-order valence-electron chi connectivity index (χ0n) is 14.7. The zero-order valence-corrected chi connectivity index (χ0v) is 15.5. The summed E-state index contributed by atoms with van der Waals surface area (Å²) in [5.41, 5.74) is 3.57. The van der Waals surface area contributed by atoms with Crippen molar-refractivity contribution >= 4 is 17.7 Å². The number of rotatable bonds is 7. The molecule has 0 atom stereocenters. The van der Waals surface area contributed by atoms with Gasteiger partial charge in [-0.2, -0.15) is 0 Å². The highest BCUT2D eigenvalue weighted by molar-refractivity contribution is 7.99. The van der Waals surface area contributed by atoms with Gasteiger partial charge in [0.1, 0.15) is 0 Å². The number of nitrogens with zero attached hydrogens (tertiary/aromatic N) is 1. The maximum absolute atomic E-state index is 12.5. The minimum atomic E-state index is 0.164. The summed E-state index contributed by atoms with van der Waals surface area (Å²) in [7, 11) is 0. The van der Waals surface area contributed by atoms with Crippen LogP contribution in [0.25, 0.3) is 0 Å². The predicted octanol–water partition coefficient (Wildman–Crippen LogP) is 4.01. The lowest BCUT2D eigenvalue weighted by Gasteiger charge is -2.21. The highest BCUT2D eigenvalue weighted by Crippen LogP contribution is 2.32. The van der Waals surface area contributed by atoms with Crippen LogP contribution < -0.4 is 9.47 Å². The van der Waals surface area contributed by atoms with E-state index in [4.69, 9.17) is 9.47 Å². The molecule has 0 aromatic heterocycles. The third kappa shape index (κ3) is 4.69. The van der Waals surface area contributed by atoms with Crippen LogP contribution in [0.15, 0.2) is 42.5 Å². The molecule has 3 rings (SSSR count). The van der Waals surface area contributed by atoms with E-state index in [0.717, 1.165) is 22.8 Å². The van der Waals surface area contributed by atoms with E-state index in [-0.39, 0.29) is 12.7 Å². The van der Waals surface area contributed by atoms with Crippen LogP contribution in [-0.2, 0) is 17.1 Å². The highest BCUT2D eigenvalue weighted by Gasteiger charge is 2.16. The van der Waals surface area contributed by atoms with Crippen LogP contribution in [0.2, 0.25) is 0 Å². The van der Waals surface area contributed by atoms with Crippen LogP contribution in [0, 0.1) is 6.92 Å². The van der Waals surface area contributed by atoms with Gasteiger partial charge in [-0.3, -0.25) is 4.79 Å². The van der Waals surface area contributed by atoms with Gasteiger partial charge in [0.15, 0.2) is 11.5 Å². The van der Waals surface area contributed by atoms with E-state index in [0.29, 0.717) is 18.8 Å². The van der Waals surface area contributed by atoms with E-state index in [1.807, 2.05) is 30.0 Å². The second-order valence-electron chi connectivity index (χ2n) is 6.07. The van der Waals surface area contributed by atoms with Gasteiger partial charge in [-0.15, -0.1) is 11.8 Å². The Morgan fingerprint density at radius 3 is 2.56 bits per heavy atom. The number of benzene rings is 2. The molecule has 0 aliphatic carbocycles. The summed E-state index contributed by atoms with van der Waals surface area (Å²) in [6, 6.07) is 14.3. The number of hydrogen-bond donors (Lipinski definition) is 0. The molecule has 0 bridgehead atoms. The Labute approximate surface area is 153 Å². The van der Waals surface area contributed by atoms with E-state index in [2.05, 4.69) is 31.2 Å². The summed E-state index contributed by atoms with van der Waals surface area (Å²) in [6.45, 7) is 5.64. The molecule has 0 unspecified atom stereocenters. The molecule has 25 heavy (non-hydrogen) atoms. The molecule has 0 radical (unpaired) electrons. The maximum Gasteiger partial charge on any atom is 0.232 e. The molecule has 1 aliphatic heterocycles. The van der Waals surface area contributed by atoms with Crippen LogP contribution in [0.4, 0.5) is 0 Å². The molecule has 0 saturated carbocycles. The Bertz CT molecular complexity index is 730. The summed E-state index contributed by atoms with van der Waals surface area (Å²) < 4.78 is 10.7. The van der Waals surface area contributed by atoms with Crippen LogP contribution in [-0.4, -0.2) is 29.9 Å². The molecular formula is C20H23NO3S. The molecule has 0 N–H and O–H groups in total. The first-order chi connectivity index (χ1) is 12.2. The van der Waals surface area contributed by atoms with Gasteiger partial charge >= 0.3 is 0 Å². The monoisotopic (exact) mass is 357 g/mol. The predicted molar refractivity (Wildman–Crippen MR) is 101 cm³/mol. The molecule has 2 aromatic rings. The number of aryl methyl sites for hydroxylation is 1. The number of amides is 1. The second-order valence-corrected chi connectivity index (χ2v) is 7.06. The van der Waals surface area contributed by atoms with Crippen molar-refractivity contribution in [1.82, 2.24) is 4.90 Å². The summed E-state index contributed by atoms with van der Waals surface area (Å²) in [6.07, 6.45) is 0. The van der Waals surface area contributed by atoms with E-state index in [1.165, 1.54) is 11.1 Å². The van der Waals surface area contributed by atoms with Crippen LogP contribution in [0.1, 0.15) is 23.6 Å². The van der Waals surface area contributed by atoms with E-state index >= 15 is 0 Å². The number of thioether (sulfide) groups is 1. The zero-order chi connectivity index (χ0) is 17.6. The van der Waals surface area contributed by atoms with Gasteiger partial charge in [-0.1, -0.05) is 35.9 Å². The molecule has 1 heterocycles. The normalized spacial score (nSPS) is 12.2. The molecule has 132 valence electrons. The number of fused-ring (bicyclic) bond motifs is 1. The molecule has 2 aromatic carbocycles. The molecule has 1 aliphatic rings. The van der Waals surface area contributed by atoms with Crippen molar-refractivity contribution in [2.24, 2.45) is 0 Å². The first-order valence-corrected chi connectivity index (χ1v) is 9.61. The van der Waals surface area contributed by atoms with Crippen molar-refractivity contribution in [3.63, 3.8) is 0 Å². The fraction of sp³-hybridized carbons (Fsp3) is 0.350. The number of hydrogen-bond acceptors (Lipinski definition) is 4. The molecule has 5 heteroatoms. The summed E-state index contributed by atoms with van der Waals surface area (Å²) in [5.74, 6) is 3.04. The summed E-state index contributed by atoms with van der Waals surface area (Å²) >= 11 is 1.66. The van der Waals surface area contributed by atoms with Gasteiger partial charge in [0.2, 0.25) is 12.7 Å². The molecule has 0 saturated heterocycles. The smallest absolute Gasteiger partial charge is 0.232 e. The third-order valence-electron chi connectivity index (χ3n) is 4.16. The van der Waals surface area contributed by atoms with E-state index in [9.17, 15) is 4.79 Å². The van der Waals surface area contributed by atoms with Crippen molar-refractivity contribution in [1.29, 1.82) is 0 Å². The molecule has 0 fully saturated rings. The summed E-state index contributed by atoms with van der Waals surface area (Å²) in [5, 5.41) is 0. The van der Waals surface area contributed by atoms with E-state index < -0.39 is 0 Å². The van der Waals surface area contributed by atoms with E-state index in [1.54, 1.807) is 11.8 Å². The number of ether oxygens (including phenoxy) is 2. The average molecular weight is 357 g/mol. The first-order valence-electron chi connectivity index (χ1n) is 8.45. The lowest BCUT2D eigenvalue weighted by atomic mass is 10.2. The lowest BCUT2D eigenvalue weighted by molar-refractivity contribution is -0.128. The van der Waals surface area contributed by atoms with Gasteiger partial charge in [0.05, 0.1) is 5.75 Å². The van der Waals surface area contributed by atoms with Crippen LogP contribution in [0.3, 0.4) is 0 Å². The van der Waals surface area contributed by atoms with Crippen molar-refractivity contribution in [2.75, 3.05) is 19.1 Å². The largest absolute Gasteiger partial charge is 0.454 e. The summed E-state index contributed by atoms with van der Waals surface area (Å²) in [4.78, 5) is 14.4. The van der Waals surface area contributed by atoms with Gasteiger partial charge in [-0.05, 0) is 37.1 Å². The van der Waals surface area contributed by atoms with Gasteiger partial charge in [0, 0.05) is 18.8 Å². The molecular weight excluding hydrogens is 334 g/mol. The quantitative estimate of drug-likeness (QED) is 0.751. The SMILES string of the molecule is CCN(Cc1ccc2c(c1)OCO2)C(=O)CSCc1ccc(C)cc1. The van der Waals surface area contributed by atoms with Crippen molar-refractivity contribution in [2.45, 2.75) is 26.1 Å². The third-order valence-corrected chi connectivity index (χ3v) is 5.15. The van der Waals surface area contributed by atoms with Crippen molar-refractivity contribution < 1.29 is 14.3 Å². The minimum Gasteiger partial charge on any atom is -0.454 e. The molecule has 4 nitrogen and oxygen atoms in total. The fourth-order valence-electron chi connectivity index (χ4n) is 2.67. The van der Waals surface area contributed by atoms with Gasteiger partial charge < -0.3 is 14.4 Å².